The molecule has 1 amide bonds. The van der Waals surface area contributed by atoms with Crippen LogP contribution in [0.3, 0.4) is 0 Å². The molecule has 2 aromatic carbocycles. The summed E-state index contributed by atoms with van der Waals surface area (Å²) in [6.07, 6.45) is -0.944. The number of hydrogen-bond donors (Lipinski definition) is 1. The Morgan fingerprint density at radius 1 is 1.07 bits per heavy atom. The highest BCUT2D eigenvalue weighted by molar-refractivity contribution is 7.92. The molecule has 2 rings (SSSR count). The molecule has 0 unspecified atom stereocenters. The van der Waals surface area contributed by atoms with Crippen LogP contribution in [0.25, 0.3) is 0 Å². The van der Waals surface area contributed by atoms with E-state index in [1.54, 1.807) is 26.2 Å². The first-order valence-corrected chi connectivity index (χ1v) is 9.85. The molecule has 1 atom stereocenters. The Bertz CT molecular complexity index is 941. The molecule has 0 aromatic heterocycles. The number of nitrogens with zero attached hydrogens (tertiary/aromatic N) is 1. The summed E-state index contributed by atoms with van der Waals surface area (Å²) in [5.74, 6) is -1.42. The van der Waals surface area contributed by atoms with Crippen molar-refractivity contribution in [3.8, 4) is 0 Å². The first-order valence-electron chi connectivity index (χ1n) is 8.36. The lowest BCUT2D eigenvalue weighted by Gasteiger charge is -2.17. The van der Waals surface area contributed by atoms with Crippen molar-refractivity contribution in [2.24, 2.45) is 0 Å². The van der Waals surface area contributed by atoms with Gasteiger partial charge in [0.25, 0.3) is 15.9 Å². The van der Waals surface area contributed by atoms with E-state index in [-0.39, 0.29) is 22.9 Å². The summed E-state index contributed by atoms with van der Waals surface area (Å²) in [5, 5.41) is 0. The largest absolute Gasteiger partial charge is 0.452 e. The third-order valence-corrected chi connectivity index (χ3v) is 5.17. The fourth-order valence-electron chi connectivity index (χ4n) is 2.34. The number of benzene rings is 2. The summed E-state index contributed by atoms with van der Waals surface area (Å²) >= 11 is 0. The van der Waals surface area contributed by atoms with Gasteiger partial charge in [0.1, 0.15) is 5.82 Å². The summed E-state index contributed by atoms with van der Waals surface area (Å²) in [6, 6.07) is 10.6. The van der Waals surface area contributed by atoms with Crippen molar-refractivity contribution in [1.29, 1.82) is 0 Å². The van der Waals surface area contributed by atoms with Gasteiger partial charge in [-0.2, -0.15) is 0 Å². The molecular formula is C19H21FN2O5S. The highest BCUT2D eigenvalue weighted by Gasteiger charge is 2.19. The molecule has 0 heterocycles. The zero-order chi connectivity index (χ0) is 20.9. The lowest BCUT2D eigenvalue weighted by atomic mass is 10.1. The van der Waals surface area contributed by atoms with E-state index in [4.69, 9.17) is 4.74 Å². The number of ether oxygens (including phenoxy) is 1. The number of amides is 1. The Morgan fingerprint density at radius 3 is 2.18 bits per heavy atom. The van der Waals surface area contributed by atoms with Gasteiger partial charge in [-0.05, 0) is 48.9 Å². The molecule has 2 aromatic rings. The summed E-state index contributed by atoms with van der Waals surface area (Å²) in [7, 11) is -0.714. The van der Waals surface area contributed by atoms with Gasteiger partial charge in [0.05, 0.1) is 11.3 Å². The van der Waals surface area contributed by atoms with Gasteiger partial charge in [-0.15, -0.1) is 0 Å². The predicted molar refractivity (Wildman–Crippen MR) is 102 cm³/mol. The maximum atomic E-state index is 12.9. The van der Waals surface area contributed by atoms with Crippen LogP contribution in [0.1, 0.15) is 12.5 Å². The number of halogens is 1. The Hall–Kier alpha value is -2.94. The van der Waals surface area contributed by atoms with Crippen molar-refractivity contribution < 1.29 is 27.1 Å². The zero-order valence-corrected chi connectivity index (χ0v) is 16.5. The molecule has 0 aliphatic rings. The smallest absolute Gasteiger partial charge is 0.311 e. The Morgan fingerprint density at radius 2 is 1.64 bits per heavy atom. The van der Waals surface area contributed by atoms with Crippen LogP contribution in [-0.2, 0) is 30.8 Å². The van der Waals surface area contributed by atoms with Gasteiger partial charge >= 0.3 is 5.97 Å². The van der Waals surface area contributed by atoms with E-state index in [1.165, 1.54) is 24.0 Å². The highest BCUT2D eigenvalue weighted by Crippen LogP contribution is 2.17. The van der Waals surface area contributed by atoms with Crippen molar-refractivity contribution >= 4 is 27.6 Å². The van der Waals surface area contributed by atoms with Crippen molar-refractivity contribution in [3.05, 3.63) is 59.9 Å². The Balaban J connectivity index is 1.98. The number of rotatable bonds is 7. The minimum Gasteiger partial charge on any atom is -0.452 e. The van der Waals surface area contributed by atoms with Crippen LogP contribution in [0.15, 0.2) is 53.4 Å². The number of likely N-dealkylation sites (N-methyl/N-ethyl adjacent to an activating group) is 1. The highest BCUT2D eigenvalue weighted by atomic mass is 32.2. The van der Waals surface area contributed by atoms with Crippen molar-refractivity contribution in [1.82, 2.24) is 4.90 Å². The number of esters is 1. The van der Waals surface area contributed by atoms with Crippen molar-refractivity contribution in [2.45, 2.75) is 24.3 Å². The molecule has 0 bridgehead atoms. The van der Waals surface area contributed by atoms with Gasteiger partial charge in [-0.25, -0.2) is 12.8 Å². The molecule has 0 aliphatic heterocycles. The van der Waals surface area contributed by atoms with Crippen LogP contribution < -0.4 is 4.72 Å². The fourth-order valence-corrected chi connectivity index (χ4v) is 3.40. The van der Waals surface area contributed by atoms with Gasteiger partial charge in [0, 0.05) is 19.8 Å². The molecule has 0 radical (unpaired) electrons. The molecule has 0 saturated carbocycles. The summed E-state index contributed by atoms with van der Waals surface area (Å²) < 4.78 is 44.9. The van der Waals surface area contributed by atoms with Crippen LogP contribution in [0.5, 0.6) is 0 Å². The fraction of sp³-hybridized carbons (Fsp3) is 0.263. The molecule has 0 spiro atoms. The van der Waals surface area contributed by atoms with Gasteiger partial charge in [0.15, 0.2) is 6.10 Å². The topological polar surface area (TPSA) is 92.8 Å². The Kier molecular flexibility index (Phi) is 6.74. The predicted octanol–water partition coefficient (Wildman–Crippen LogP) is 2.19. The minimum atomic E-state index is -3.85. The monoisotopic (exact) mass is 408 g/mol. The zero-order valence-electron chi connectivity index (χ0n) is 15.7. The first-order chi connectivity index (χ1) is 13.1. The Labute approximate surface area is 163 Å². The SMILES string of the molecule is C[C@@H](OC(=O)Cc1ccc(NS(=O)(=O)c2ccc(F)cc2)cc1)C(=O)N(C)C. The second-order valence-corrected chi connectivity index (χ2v) is 7.98. The third kappa shape index (κ3) is 5.78. The molecule has 150 valence electrons. The molecule has 0 fully saturated rings. The minimum absolute atomic E-state index is 0.0595. The van der Waals surface area contributed by atoms with Crippen molar-refractivity contribution in [2.75, 3.05) is 18.8 Å². The van der Waals surface area contributed by atoms with Gasteiger partial charge in [-0.1, -0.05) is 12.1 Å². The van der Waals surface area contributed by atoms with E-state index in [9.17, 15) is 22.4 Å². The quantitative estimate of drug-likeness (QED) is 0.709. The van der Waals surface area contributed by atoms with Crippen LogP contribution >= 0.6 is 0 Å². The summed E-state index contributed by atoms with van der Waals surface area (Å²) in [6.45, 7) is 1.49. The maximum Gasteiger partial charge on any atom is 0.311 e. The number of nitrogens with one attached hydrogen (secondary N) is 1. The molecule has 28 heavy (non-hydrogen) atoms. The lowest BCUT2D eigenvalue weighted by molar-refractivity contribution is -0.157. The maximum absolute atomic E-state index is 12.9. The normalized spacial score (nSPS) is 12.1. The first kappa shape index (κ1) is 21.4. The molecule has 0 aliphatic carbocycles. The van der Waals surface area contributed by atoms with E-state index in [1.807, 2.05) is 0 Å². The van der Waals surface area contributed by atoms with E-state index in [2.05, 4.69) is 4.72 Å². The number of carbonyl (C=O) groups is 2. The van der Waals surface area contributed by atoms with Crippen LogP contribution in [0.2, 0.25) is 0 Å². The van der Waals surface area contributed by atoms with Crippen molar-refractivity contribution in [3.63, 3.8) is 0 Å². The third-order valence-electron chi connectivity index (χ3n) is 3.78. The number of carbonyl (C=O) groups excluding carboxylic acids is 2. The summed E-state index contributed by atoms with van der Waals surface area (Å²) in [5.41, 5.74) is 0.886. The number of anilines is 1. The molecular weight excluding hydrogens is 387 g/mol. The van der Waals surface area contributed by atoms with E-state index < -0.39 is 27.9 Å². The average Bonchev–Trinajstić information content (AvgIpc) is 2.62. The number of sulfonamides is 1. The molecule has 9 heteroatoms. The molecule has 0 saturated heterocycles. The van der Waals surface area contributed by atoms with Crippen LogP contribution in [0, 0.1) is 5.82 Å². The second-order valence-electron chi connectivity index (χ2n) is 6.30. The lowest BCUT2D eigenvalue weighted by Crippen LogP contribution is -2.35. The standard InChI is InChI=1S/C19H21FN2O5S/c1-13(19(24)22(2)3)27-18(23)12-14-4-8-16(9-5-14)21-28(25,26)17-10-6-15(20)7-11-17/h4-11,13,21H,12H2,1-3H3/t13-/m1/s1. The van der Waals surface area contributed by atoms with E-state index >= 15 is 0 Å². The summed E-state index contributed by atoms with van der Waals surface area (Å²) in [4.78, 5) is 24.9. The number of hydrogen-bond acceptors (Lipinski definition) is 5. The average molecular weight is 408 g/mol. The second kappa shape index (κ2) is 8.83. The van der Waals surface area contributed by atoms with Gasteiger partial charge in [-0.3, -0.25) is 14.3 Å². The van der Waals surface area contributed by atoms with Crippen LogP contribution in [-0.4, -0.2) is 45.4 Å². The van der Waals surface area contributed by atoms with E-state index in [0.29, 0.717) is 5.56 Å². The molecule has 1 N–H and O–H groups in total. The van der Waals surface area contributed by atoms with Gasteiger partial charge < -0.3 is 9.64 Å². The van der Waals surface area contributed by atoms with E-state index in [0.717, 1.165) is 24.3 Å². The van der Waals surface area contributed by atoms with Gasteiger partial charge in [0.2, 0.25) is 0 Å². The molecule has 7 nitrogen and oxygen atoms in total. The van der Waals surface area contributed by atoms with Crippen LogP contribution in [0.4, 0.5) is 10.1 Å².